The summed E-state index contributed by atoms with van der Waals surface area (Å²) in [5.41, 5.74) is 0.682. The van der Waals surface area contributed by atoms with Crippen LogP contribution in [-0.4, -0.2) is 25.3 Å². The van der Waals surface area contributed by atoms with Gasteiger partial charge < -0.3 is 10.1 Å². The van der Waals surface area contributed by atoms with Crippen LogP contribution in [0.4, 0.5) is 0 Å². The van der Waals surface area contributed by atoms with Gasteiger partial charge in [0, 0.05) is 19.2 Å². The zero-order valence-corrected chi connectivity index (χ0v) is 9.51. The van der Waals surface area contributed by atoms with E-state index in [0.29, 0.717) is 17.6 Å². The van der Waals surface area contributed by atoms with Crippen LogP contribution in [0.15, 0.2) is 0 Å². The monoisotopic (exact) mass is 197 g/mol. The van der Waals surface area contributed by atoms with Crippen molar-refractivity contribution >= 4 is 0 Å². The van der Waals surface area contributed by atoms with Crippen molar-refractivity contribution in [2.24, 2.45) is 5.41 Å². The first kappa shape index (κ1) is 10.4. The number of hydrogen-bond donors (Lipinski definition) is 1. The van der Waals surface area contributed by atoms with Crippen molar-refractivity contribution in [3.63, 3.8) is 0 Å². The fourth-order valence-electron chi connectivity index (χ4n) is 2.38. The second-order valence-electron chi connectivity index (χ2n) is 5.14. The second-order valence-corrected chi connectivity index (χ2v) is 5.14. The van der Waals surface area contributed by atoms with Crippen LogP contribution in [0, 0.1) is 5.41 Å². The summed E-state index contributed by atoms with van der Waals surface area (Å²) in [6.07, 6.45) is 7.07. The Kier molecular flexibility index (Phi) is 3.13. The first-order valence-electron chi connectivity index (χ1n) is 6.09. The topological polar surface area (TPSA) is 21.3 Å². The Morgan fingerprint density at radius 3 is 2.79 bits per heavy atom. The quantitative estimate of drug-likeness (QED) is 0.747. The van der Waals surface area contributed by atoms with E-state index in [1.165, 1.54) is 38.6 Å². The SMILES string of the molecule is CCC1(CNC2CCOC(C)C2)CC1. The molecule has 1 N–H and O–H groups in total. The highest BCUT2D eigenvalue weighted by molar-refractivity contribution is 4.94. The summed E-state index contributed by atoms with van der Waals surface area (Å²) in [4.78, 5) is 0. The Bertz CT molecular complexity index is 189. The molecule has 0 amide bonds. The van der Waals surface area contributed by atoms with Crippen molar-refractivity contribution in [2.75, 3.05) is 13.2 Å². The number of ether oxygens (including phenoxy) is 1. The minimum absolute atomic E-state index is 0.457. The van der Waals surface area contributed by atoms with Crippen molar-refractivity contribution < 1.29 is 4.74 Å². The molecule has 1 saturated heterocycles. The summed E-state index contributed by atoms with van der Waals surface area (Å²) in [5.74, 6) is 0. The Morgan fingerprint density at radius 1 is 1.43 bits per heavy atom. The highest BCUT2D eigenvalue weighted by atomic mass is 16.5. The minimum atomic E-state index is 0.457. The van der Waals surface area contributed by atoms with Crippen LogP contribution < -0.4 is 5.32 Å². The summed E-state index contributed by atoms with van der Waals surface area (Å²) >= 11 is 0. The molecule has 0 bridgehead atoms. The lowest BCUT2D eigenvalue weighted by atomic mass is 10.0. The predicted molar refractivity (Wildman–Crippen MR) is 58.4 cm³/mol. The fraction of sp³-hybridized carbons (Fsp3) is 1.00. The van der Waals surface area contributed by atoms with Gasteiger partial charge in [-0.3, -0.25) is 0 Å². The van der Waals surface area contributed by atoms with E-state index in [1.807, 2.05) is 0 Å². The molecule has 1 aliphatic carbocycles. The van der Waals surface area contributed by atoms with E-state index in [2.05, 4.69) is 19.2 Å². The summed E-state index contributed by atoms with van der Waals surface area (Å²) in [7, 11) is 0. The molecule has 2 nitrogen and oxygen atoms in total. The van der Waals surface area contributed by atoms with Crippen LogP contribution in [0.2, 0.25) is 0 Å². The first-order valence-corrected chi connectivity index (χ1v) is 6.09. The largest absolute Gasteiger partial charge is 0.378 e. The standard InChI is InChI=1S/C12H23NO/c1-3-12(5-6-12)9-13-11-4-7-14-10(2)8-11/h10-11,13H,3-9H2,1-2H3. The maximum absolute atomic E-state index is 5.54. The highest BCUT2D eigenvalue weighted by Crippen LogP contribution is 2.48. The maximum Gasteiger partial charge on any atom is 0.0561 e. The number of rotatable bonds is 4. The molecule has 82 valence electrons. The average Bonchev–Trinajstić information content (AvgIpc) is 2.96. The molecule has 0 aromatic heterocycles. The second kappa shape index (κ2) is 4.19. The van der Waals surface area contributed by atoms with E-state index in [0.717, 1.165) is 6.61 Å². The van der Waals surface area contributed by atoms with Gasteiger partial charge in [0.05, 0.1) is 6.10 Å². The molecule has 0 aromatic rings. The zero-order valence-electron chi connectivity index (χ0n) is 9.51. The lowest BCUT2D eigenvalue weighted by molar-refractivity contribution is 0.0124. The Balaban J connectivity index is 1.69. The minimum Gasteiger partial charge on any atom is -0.378 e. The summed E-state index contributed by atoms with van der Waals surface area (Å²) in [5, 5.41) is 3.73. The van der Waals surface area contributed by atoms with Crippen molar-refractivity contribution in [2.45, 2.75) is 58.1 Å². The molecule has 1 aliphatic heterocycles. The number of nitrogens with one attached hydrogen (secondary N) is 1. The summed E-state index contributed by atoms with van der Waals surface area (Å²) in [6.45, 7) is 6.68. The van der Waals surface area contributed by atoms with Crippen LogP contribution in [-0.2, 0) is 4.74 Å². The highest BCUT2D eigenvalue weighted by Gasteiger charge is 2.40. The van der Waals surface area contributed by atoms with Gasteiger partial charge in [0.25, 0.3) is 0 Å². The van der Waals surface area contributed by atoms with E-state index in [-0.39, 0.29) is 0 Å². The normalized spacial score (nSPS) is 35.6. The molecule has 2 aliphatic rings. The lowest BCUT2D eigenvalue weighted by Crippen LogP contribution is -2.40. The third-order valence-electron chi connectivity index (χ3n) is 3.96. The molecule has 14 heavy (non-hydrogen) atoms. The van der Waals surface area contributed by atoms with Crippen molar-refractivity contribution in [3.05, 3.63) is 0 Å². The first-order chi connectivity index (χ1) is 6.74. The Morgan fingerprint density at radius 2 is 2.21 bits per heavy atom. The summed E-state index contributed by atoms with van der Waals surface area (Å²) in [6, 6.07) is 0.711. The molecule has 0 spiro atoms. The van der Waals surface area contributed by atoms with Gasteiger partial charge >= 0.3 is 0 Å². The molecule has 2 unspecified atom stereocenters. The van der Waals surface area contributed by atoms with Gasteiger partial charge in [-0.1, -0.05) is 6.92 Å². The van der Waals surface area contributed by atoms with E-state index in [9.17, 15) is 0 Å². The molecule has 0 radical (unpaired) electrons. The Hall–Kier alpha value is -0.0800. The van der Waals surface area contributed by atoms with Crippen LogP contribution in [0.5, 0.6) is 0 Å². The molecule has 2 fully saturated rings. The van der Waals surface area contributed by atoms with Crippen molar-refractivity contribution in [1.29, 1.82) is 0 Å². The van der Waals surface area contributed by atoms with Gasteiger partial charge in [-0.2, -0.15) is 0 Å². The van der Waals surface area contributed by atoms with Crippen molar-refractivity contribution in [3.8, 4) is 0 Å². The molecule has 2 atom stereocenters. The van der Waals surface area contributed by atoms with E-state index >= 15 is 0 Å². The van der Waals surface area contributed by atoms with Crippen molar-refractivity contribution in [1.82, 2.24) is 5.32 Å². The van der Waals surface area contributed by atoms with Crippen LogP contribution in [0.1, 0.15) is 46.0 Å². The molecule has 1 heterocycles. The lowest BCUT2D eigenvalue weighted by Gasteiger charge is -2.29. The van der Waals surface area contributed by atoms with Gasteiger partial charge in [0.15, 0.2) is 0 Å². The summed E-state index contributed by atoms with van der Waals surface area (Å²) < 4.78 is 5.54. The van der Waals surface area contributed by atoms with Gasteiger partial charge in [0.1, 0.15) is 0 Å². The third kappa shape index (κ3) is 2.48. The number of hydrogen-bond acceptors (Lipinski definition) is 2. The average molecular weight is 197 g/mol. The van der Waals surface area contributed by atoms with Gasteiger partial charge in [-0.15, -0.1) is 0 Å². The van der Waals surface area contributed by atoms with Crippen LogP contribution >= 0.6 is 0 Å². The maximum atomic E-state index is 5.54. The van der Waals surface area contributed by atoms with Crippen LogP contribution in [0.3, 0.4) is 0 Å². The molecular weight excluding hydrogens is 174 g/mol. The van der Waals surface area contributed by atoms with Gasteiger partial charge in [-0.25, -0.2) is 0 Å². The molecule has 2 heteroatoms. The van der Waals surface area contributed by atoms with E-state index in [1.54, 1.807) is 0 Å². The molecule has 0 aromatic carbocycles. The zero-order chi connectivity index (χ0) is 10.0. The smallest absolute Gasteiger partial charge is 0.0561 e. The Labute approximate surface area is 87.4 Å². The van der Waals surface area contributed by atoms with Crippen LogP contribution in [0.25, 0.3) is 0 Å². The van der Waals surface area contributed by atoms with E-state index < -0.39 is 0 Å². The molecular formula is C12H23NO. The predicted octanol–water partition coefficient (Wildman–Crippen LogP) is 2.33. The molecule has 1 saturated carbocycles. The molecule has 2 rings (SSSR count). The fourth-order valence-corrected chi connectivity index (χ4v) is 2.38. The van der Waals surface area contributed by atoms with E-state index in [4.69, 9.17) is 4.74 Å². The van der Waals surface area contributed by atoms with Gasteiger partial charge in [-0.05, 0) is 44.4 Å². The third-order valence-corrected chi connectivity index (χ3v) is 3.96. The van der Waals surface area contributed by atoms with Gasteiger partial charge in [0.2, 0.25) is 0 Å².